The van der Waals surface area contributed by atoms with Crippen LogP contribution in [0.4, 0.5) is 4.79 Å². The van der Waals surface area contributed by atoms with E-state index in [2.05, 4.69) is 12.2 Å². The van der Waals surface area contributed by atoms with Crippen molar-refractivity contribution in [2.45, 2.75) is 44.8 Å². The van der Waals surface area contributed by atoms with Crippen LogP contribution >= 0.6 is 0 Å². The van der Waals surface area contributed by atoms with E-state index in [1.54, 1.807) is 7.11 Å². The highest BCUT2D eigenvalue weighted by molar-refractivity contribution is 5.67. The molecule has 1 aromatic carbocycles. The van der Waals surface area contributed by atoms with Crippen molar-refractivity contribution in [1.29, 1.82) is 0 Å². The molecule has 0 unspecified atom stereocenters. The number of alkyl carbamates (subject to hydrolysis) is 1. The largest absolute Gasteiger partial charge is 0.445 e. The molecular weight excluding hydrogens is 266 g/mol. The van der Waals surface area contributed by atoms with Crippen LogP contribution in [0.5, 0.6) is 0 Å². The maximum Gasteiger partial charge on any atom is 0.407 e. The zero-order valence-electron chi connectivity index (χ0n) is 12.9. The maximum absolute atomic E-state index is 11.8. The van der Waals surface area contributed by atoms with Gasteiger partial charge in [0, 0.05) is 13.7 Å². The zero-order valence-corrected chi connectivity index (χ0v) is 12.9. The molecule has 2 rings (SSSR count). The number of carbonyl (C=O) groups is 1. The summed E-state index contributed by atoms with van der Waals surface area (Å²) >= 11 is 0. The van der Waals surface area contributed by atoms with Gasteiger partial charge in [0.1, 0.15) is 6.61 Å². The van der Waals surface area contributed by atoms with E-state index in [4.69, 9.17) is 9.47 Å². The first-order chi connectivity index (χ1) is 10.1. The van der Waals surface area contributed by atoms with Gasteiger partial charge in [-0.2, -0.15) is 0 Å². The molecule has 1 aromatic rings. The smallest absolute Gasteiger partial charge is 0.407 e. The Balaban J connectivity index is 1.75. The SMILES string of the molecule is CO[C@]1(CNC(=O)OCc2ccccc2)CC[C@H](C)CC1. The Hall–Kier alpha value is -1.55. The molecule has 0 aliphatic heterocycles. The quantitative estimate of drug-likeness (QED) is 0.903. The monoisotopic (exact) mass is 291 g/mol. The average molecular weight is 291 g/mol. The number of carbonyl (C=O) groups excluding carboxylic acids is 1. The Bertz CT molecular complexity index is 439. The van der Waals surface area contributed by atoms with E-state index in [0.717, 1.165) is 37.2 Å². The van der Waals surface area contributed by atoms with Gasteiger partial charge in [-0.25, -0.2) is 4.79 Å². The van der Waals surface area contributed by atoms with Crippen molar-refractivity contribution in [3.05, 3.63) is 35.9 Å². The van der Waals surface area contributed by atoms with Gasteiger partial charge in [-0.1, -0.05) is 37.3 Å². The topological polar surface area (TPSA) is 47.6 Å². The molecule has 0 spiro atoms. The summed E-state index contributed by atoms with van der Waals surface area (Å²) in [4.78, 5) is 11.8. The molecule has 0 atom stereocenters. The van der Waals surface area contributed by atoms with Crippen LogP contribution in [-0.4, -0.2) is 25.3 Å². The lowest BCUT2D eigenvalue weighted by Gasteiger charge is -2.38. The lowest BCUT2D eigenvalue weighted by Crippen LogP contribution is -2.46. The molecule has 1 fully saturated rings. The minimum Gasteiger partial charge on any atom is -0.445 e. The third kappa shape index (κ3) is 4.74. The zero-order chi connectivity index (χ0) is 15.1. The van der Waals surface area contributed by atoms with E-state index in [9.17, 15) is 4.79 Å². The van der Waals surface area contributed by atoms with Crippen LogP contribution in [0, 0.1) is 5.92 Å². The number of hydrogen-bond donors (Lipinski definition) is 1. The van der Waals surface area contributed by atoms with Gasteiger partial charge in [0.25, 0.3) is 0 Å². The lowest BCUT2D eigenvalue weighted by atomic mass is 9.79. The number of rotatable bonds is 5. The van der Waals surface area contributed by atoms with Crippen molar-refractivity contribution in [3.8, 4) is 0 Å². The van der Waals surface area contributed by atoms with Gasteiger partial charge in [0.2, 0.25) is 0 Å². The molecule has 0 aromatic heterocycles. The van der Waals surface area contributed by atoms with E-state index < -0.39 is 0 Å². The Labute approximate surface area is 126 Å². The molecule has 0 heterocycles. The third-order valence-corrected chi connectivity index (χ3v) is 4.39. The molecule has 0 saturated heterocycles. The fourth-order valence-electron chi connectivity index (χ4n) is 2.75. The molecule has 1 amide bonds. The number of nitrogens with one attached hydrogen (secondary N) is 1. The number of amides is 1. The Morgan fingerprint density at radius 2 is 1.95 bits per heavy atom. The van der Waals surface area contributed by atoms with Gasteiger partial charge in [-0.3, -0.25) is 0 Å². The summed E-state index contributed by atoms with van der Waals surface area (Å²) in [6.45, 7) is 3.08. The summed E-state index contributed by atoms with van der Waals surface area (Å²) in [5.74, 6) is 0.748. The van der Waals surface area contributed by atoms with Crippen molar-refractivity contribution < 1.29 is 14.3 Å². The second-order valence-electron chi connectivity index (χ2n) is 5.98. The molecule has 1 saturated carbocycles. The first kappa shape index (κ1) is 15.8. The fourth-order valence-corrected chi connectivity index (χ4v) is 2.75. The van der Waals surface area contributed by atoms with Crippen molar-refractivity contribution in [2.24, 2.45) is 5.92 Å². The Kier molecular flexibility index (Phi) is 5.62. The van der Waals surface area contributed by atoms with Gasteiger partial charge in [-0.15, -0.1) is 0 Å². The van der Waals surface area contributed by atoms with Gasteiger partial charge >= 0.3 is 6.09 Å². The summed E-state index contributed by atoms with van der Waals surface area (Å²) in [7, 11) is 1.73. The van der Waals surface area contributed by atoms with Gasteiger partial charge in [0.15, 0.2) is 0 Å². The van der Waals surface area contributed by atoms with E-state index in [-0.39, 0.29) is 11.7 Å². The number of hydrogen-bond acceptors (Lipinski definition) is 3. The standard InChI is InChI=1S/C17H25NO3/c1-14-8-10-17(20-2,11-9-14)13-18-16(19)21-12-15-6-4-3-5-7-15/h3-7,14H,8-13H2,1-2H3,(H,18,19)/t14-,17+. The Morgan fingerprint density at radius 1 is 1.29 bits per heavy atom. The molecular formula is C17H25NO3. The predicted molar refractivity (Wildman–Crippen MR) is 82.0 cm³/mol. The van der Waals surface area contributed by atoms with Crippen LogP contribution in [0.25, 0.3) is 0 Å². The van der Waals surface area contributed by atoms with E-state index in [0.29, 0.717) is 13.2 Å². The van der Waals surface area contributed by atoms with Crippen molar-refractivity contribution >= 4 is 6.09 Å². The fraction of sp³-hybridized carbons (Fsp3) is 0.588. The molecule has 1 N–H and O–H groups in total. The number of benzene rings is 1. The lowest BCUT2D eigenvalue weighted by molar-refractivity contribution is -0.0455. The highest BCUT2D eigenvalue weighted by Gasteiger charge is 2.34. The summed E-state index contributed by atoms with van der Waals surface area (Å²) in [6, 6.07) is 9.67. The van der Waals surface area contributed by atoms with E-state index >= 15 is 0 Å². The number of methoxy groups -OCH3 is 1. The molecule has 4 nitrogen and oxygen atoms in total. The summed E-state index contributed by atoms with van der Waals surface area (Å²) in [5, 5.41) is 2.84. The van der Waals surface area contributed by atoms with Gasteiger partial charge in [-0.05, 0) is 37.2 Å². The molecule has 21 heavy (non-hydrogen) atoms. The Morgan fingerprint density at radius 3 is 2.57 bits per heavy atom. The molecule has 4 heteroatoms. The average Bonchev–Trinajstić information content (AvgIpc) is 2.54. The van der Waals surface area contributed by atoms with Crippen molar-refractivity contribution in [1.82, 2.24) is 5.32 Å². The molecule has 0 radical (unpaired) electrons. The van der Waals surface area contributed by atoms with Gasteiger partial charge < -0.3 is 14.8 Å². The third-order valence-electron chi connectivity index (χ3n) is 4.39. The maximum atomic E-state index is 11.8. The van der Waals surface area contributed by atoms with Crippen LogP contribution in [0.15, 0.2) is 30.3 Å². The van der Waals surface area contributed by atoms with Crippen LogP contribution < -0.4 is 5.32 Å². The minimum absolute atomic E-state index is 0.224. The second kappa shape index (κ2) is 7.46. The summed E-state index contributed by atoms with van der Waals surface area (Å²) in [5.41, 5.74) is 0.763. The van der Waals surface area contributed by atoms with Crippen molar-refractivity contribution in [3.63, 3.8) is 0 Å². The highest BCUT2D eigenvalue weighted by Crippen LogP contribution is 2.33. The first-order valence-corrected chi connectivity index (χ1v) is 7.63. The second-order valence-corrected chi connectivity index (χ2v) is 5.98. The minimum atomic E-state index is -0.381. The predicted octanol–water partition coefficient (Wildman–Crippen LogP) is 3.51. The molecule has 116 valence electrons. The highest BCUT2D eigenvalue weighted by atomic mass is 16.5. The van der Waals surface area contributed by atoms with E-state index in [1.165, 1.54) is 0 Å². The molecule has 1 aliphatic rings. The van der Waals surface area contributed by atoms with Crippen LogP contribution in [0.3, 0.4) is 0 Å². The number of ether oxygens (including phenoxy) is 2. The summed E-state index contributed by atoms with van der Waals surface area (Å²) in [6.07, 6.45) is 3.89. The van der Waals surface area contributed by atoms with Gasteiger partial charge in [0.05, 0.1) is 5.60 Å². The molecule has 1 aliphatic carbocycles. The normalized spacial score (nSPS) is 25.3. The van der Waals surface area contributed by atoms with Crippen LogP contribution in [0.2, 0.25) is 0 Å². The van der Waals surface area contributed by atoms with Crippen LogP contribution in [-0.2, 0) is 16.1 Å². The van der Waals surface area contributed by atoms with E-state index in [1.807, 2.05) is 30.3 Å². The summed E-state index contributed by atoms with van der Waals surface area (Å²) < 4.78 is 10.9. The first-order valence-electron chi connectivity index (χ1n) is 7.63. The molecule has 0 bridgehead atoms. The van der Waals surface area contributed by atoms with Crippen molar-refractivity contribution in [2.75, 3.05) is 13.7 Å². The van der Waals surface area contributed by atoms with Crippen LogP contribution in [0.1, 0.15) is 38.2 Å².